The molecule has 3 aromatic rings. The van der Waals surface area contributed by atoms with Gasteiger partial charge < -0.3 is 14.8 Å². The highest BCUT2D eigenvalue weighted by Crippen LogP contribution is 2.27. The minimum atomic E-state index is 0.00179. The van der Waals surface area contributed by atoms with Crippen LogP contribution in [0.25, 0.3) is 0 Å². The normalized spacial score (nSPS) is 10.4. The number of nitrogens with one attached hydrogen (secondary N) is 1. The monoisotopic (exact) mass is 390 g/mol. The van der Waals surface area contributed by atoms with E-state index in [2.05, 4.69) is 10.3 Å². The topological polar surface area (TPSA) is 60.5 Å². The van der Waals surface area contributed by atoms with Crippen LogP contribution in [0.3, 0.4) is 0 Å². The molecule has 2 aromatic carbocycles. The van der Waals surface area contributed by atoms with Gasteiger partial charge in [-0.2, -0.15) is 0 Å². The van der Waals surface area contributed by atoms with Gasteiger partial charge in [0.15, 0.2) is 0 Å². The van der Waals surface area contributed by atoms with E-state index in [0.29, 0.717) is 13.0 Å². The SMILES string of the molecule is COc1cccc(COc2cccc(NC(=O)CCCc3cccnc3)c2C)c1. The summed E-state index contributed by atoms with van der Waals surface area (Å²) in [5.74, 6) is 1.55. The third kappa shape index (κ3) is 6.07. The molecule has 0 bridgehead atoms. The van der Waals surface area contributed by atoms with Crippen LogP contribution in [-0.4, -0.2) is 18.0 Å². The molecular formula is C24H26N2O3. The maximum Gasteiger partial charge on any atom is 0.224 e. The molecule has 0 aliphatic rings. The molecule has 1 amide bonds. The van der Waals surface area contributed by atoms with E-state index in [1.807, 2.05) is 67.7 Å². The number of carbonyl (C=O) groups excluding carboxylic acids is 1. The van der Waals surface area contributed by atoms with Crippen molar-refractivity contribution >= 4 is 11.6 Å². The average Bonchev–Trinajstić information content (AvgIpc) is 2.75. The summed E-state index contributed by atoms with van der Waals surface area (Å²) >= 11 is 0. The fraction of sp³-hybridized carbons (Fsp3) is 0.250. The average molecular weight is 390 g/mol. The highest BCUT2D eigenvalue weighted by molar-refractivity contribution is 5.91. The molecule has 1 heterocycles. The van der Waals surface area contributed by atoms with E-state index >= 15 is 0 Å². The summed E-state index contributed by atoms with van der Waals surface area (Å²) in [6.45, 7) is 2.38. The van der Waals surface area contributed by atoms with Crippen molar-refractivity contribution in [3.63, 3.8) is 0 Å². The molecule has 150 valence electrons. The number of pyridine rings is 1. The zero-order valence-corrected chi connectivity index (χ0v) is 16.9. The van der Waals surface area contributed by atoms with Gasteiger partial charge in [-0.25, -0.2) is 0 Å². The van der Waals surface area contributed by atoms with Crippen LogP contribution in [0.4, 0.5) is 5.69 Å². The number of carbonyl (C=O) groups is 1. The highest BCUT2D eigenvalue weighted by atomic mass is 16.5. The summed E-state index contributed by atoms with van der Waals surface area (Å²) in [5.41, 5.74) is 3.86. The molecule has 0 aliphatic heterocycles. The van der Waals surface area contributed by atoms with Crippen LogP contribution in [0.1, 0.15) is 29.5 Å². The largest absolute Gasteiger partial charge is 0.497 e. The third-order valence-corrected chi connectivity index (χ3v) is 4.68. The van der Waals surface area contributed by atoms with Gasteiger partial charge in [0.2, 0.25) is 5.91 Å². The molecule has 0 radical (unpaired) electrons. The second-order valence-electron chi connectivity index (χ2n) is 6.83. The van der Waals surface area contributed by atoms with Crippen LogP contribution in [0, 0.1) is 6.92 Å². The Morgan fingerprint density at radius 3 is 2.69 bits per heavy atom. The summed E-state index contributed by atoms with van der Waals surface area (Å²) in [7, 11) is 1.65. The van der Waals surface area contributed by atoms with E-state index < -0.39 is 0 Å². The fourth-order valence-electron chi connectivity index (χ4n) is 3.04. The Morgan fingerprint density at radius 2 is 1.90 bits per heavy atom. The maximum atomic E-state index is 12.3. The smallest absolute Gasteiger partial charge is 0.224 e. The van der Waals surface area contributed by atoms with Gasteiger partial charge in [0.25, 0.3) is 0 Å². The number of aryl methyl sites for hydroxylation is 1. The third-order valence-electron chi connectivity index (χ3n) is 4.68. The molecular weight excluding hydrogens is 364 g/mol. The predicted octanol–water partition coefficient (Wildman–Crippen LogP) is 4.94. The Balaban J connectivity index is 1.54. The van der Waals surface area contributed by atoms with Crippen molar-refractivity contribution in [3.8, 4) is 11.5 Å². The van der Waals surface area contributed by atoms with Gasteiger partial charge in [0, 0.05) is 30.1 Å². The first-order valence-electron chi connectivity index (χ1n) is 9.70. The van der Waals surface area contributed by atoms with Crippen LogP contribution in [0.5, 0.6) is 11.5 Å². The van der Waals surface area contributed by atoms with E-state index in [1.165, 1.54) is 0 Å². The van der Waals surface area contributed by atoms with Crippen LogP contribution in [0.2, 0.25) is 0 Å². The lowest BCUT2D eigenvalue weighted by molar-refractivity contribution is -0.116. The molecule has 0 unspecified atom stereocenters. The summed E-state index contributed by atoms with van der Waals surface area (Å²) in [6.07, 6.45) is 5.67. The van der Waals surface area contributed by atoms with E-state index in [-0.39, 0.29) is 5.91 Å². The van der Waals surface area contributed by atoms with Gasteiger partial charge in [0.05, 0.1) is 7.11 Å². The predicted molar refractivity (Wildman–Crippen MR) is 114 cm³/mol. The van der Waals surface area contributed by atoms with Crippen LogP contribution >= 0.6 is 0 Å². The number of ether oxygens (including phenoxy) is 2. The van der Waals surface area contributed by atoms with Crippen molar-refractivity contribution in [1.82, 2.24) is 4.98 Å². The van der Waals surface area contributed by atoms with Crippen LogP contribution in [-0.2, 0) is 17.8 Å². The standard InChI is InChI=1S/C24H26N2O3/c1-18-22(26-24(27)13-4-7-19-9-6-14-25-16-19)11-5-12-23(18)29-17-20-8-3-10-21(15-20)28-2/h3,5-6,8-12,14-16H,4,7,13,17H2,1-2H3,(H,26,27). The van der Waals surface area contributed by atoms with Crippen LogP contribution in [0.15, 0.2) is 67.0 Å². The molecule has 0 saturated heterocycles. The first-order chi connectivity index (χ1) is 14.2. The van der Waals surface area contributed by atoms with Gasteiger partial charge in [-0.05, 0) is 61.2 Å². The second kappa shape index (κ2) is 10.3. The Labute approximate surface area is 171 Å². The quantitative estimate of drug-likeness (QED) is 0.562. The first-order valence-corrected chi connectivity index (χ1v) is 9.70. The first kappa shape index (κ1) is 20.4. The van der Waals surface area contributed by atoms with Gasteiger partial charge in [-0.3, -0.25) is 9.78 Å². The Bertz CT molecular complexity index is 942. The molecule has 0 aliphatic carbocycles. The van der Waals surface area contributed by atoms with E-state index in [0.717, 1.165) is 46.7 Å². The minimum absolute atomic E-state index is 0.00179. The maximum absolute atomic E-state index is 12.3. The number of hydrogen-bond donors (Lipinski definition) is 1. The molecule has 0 atom stereocenters. The van der Waals surface area contributed by atoms with E-state index in [4.69, 9.17) is 9.47 Å². The van der Waals surface area contributed by atoms with Crippen molar-refractivity contribution < 1.29 is 14.3 Å². The highest BCUT2D eigenvalue weighted by Gasteiger charge is 2.09. The van der Waals surface area contributed by atoms with Gasteiger partial charge in [0.1, 0.15) is 18.1 Å². The Morgan fingerprint density at radius 1 is 1.07 bits per heavy atom. The number of anilines is 1. The van der Waals surface area contributed by atoms with Gasteiger partial charge in [-0.15, -0.1) is 0 Å². The molecule has 0 saturated carbocycles. The number of nitrogens with zero attached hydrogens (tertiary/aromatic N) is 1. The van der Waals surface area contributed by atoms with Crippen LogP contribution < -0.4 is 14.8 Å². The fourth-order valence-corrected chi connectivity index (χ4v) is 3.04. The minimum Gasteiger partial charge on any atom is -0.497 e. The second-order valence-corrected chi connectivity index (χ2v) is 6.83. The lowest BCUT2D eigenvalue weighted by Crippen LogP contribution is -2.13. The van der Waals surface area contributed by atoms with Crippen molar-refractivity contribution in [2.75, 3.05) is 12.4 Å². The lowest BCUT2D eigenvalue weighted by atomic mass is 10.1. The van der Waals surface area contributed by atoms with E-state index in [1.54, 1.807) is 13.3 Å². The zero-order chi connectivity index (χ0) is 20.5. The molecule has 1 N–H and O–H groups in total. The molecule has 0 spiro atoms. The van der Waals surface area contributed by atoms with Crippen molar-refractivity contribution in [1.29, 1.82) is 0 Å². The summed E-state index contributed by atoms with van der Waals surface area (Å²) in [6, 6.07) is 17.4. The van der Waals surface area contributed by atoms with Crippen molar-refractivity contribution in [3.05, 3.63) is 83.7 Å². The van der Waals surface area contributed by atoms with Gasteiger partial charge >= 0.3 is 0 Å². The summed E-state index contributed by atoms with van der Waals surface area (Å²) in [4.78, 5) is 16.4. The summed E-state index contributed by atoms with van der Waals surface area (Å²) in [5, 5.41) is 3.00. The zero-order valence-electron chi connectivity index (χ0n) is 16.9. The Kier molecular flexibility index (Phi) is 7.22. The lowest BCUT2D eigenvalue weighted by Gasteiger charge is -2.14. The Hall–Kier alpha value is -3.34. The molecule has 1 aromatic heterocycles. The van der Waals surface area contributed by atoms with Crippen molar-refractivity contribution in [2.24, 2.45) is 0 Å². The number of amides is 1. The number of rotatable bonds is 9. The molecule has 29 heavy (non-hydrogen) atoms. The van der Waals surface area contributed by atoms with E-state index in [9.17, 15) is 4.79 Å². The number of benzene rings is 2. The molecule has 5 heteroatoms. The number of methoxy groups -OCH3 is 1. The summed E-state index contributed by atoms with van der Waals surface area (Å²) < 4.78 is 11.2. The molecule has 0 fully saturated rings. The number of hydrogen-bond acceptors (Lipinski definition) is 4. The van der Waals surface area contributed by atoms with Crippen molar-refractivity contribution in [2.45, 2.75) is 32.8 Å². The molecule has 5 nitrogen and oxygen atoms in total. The number of aromatic nitrogens is 1. The van der Waals surface area contributed by atoms with Gasteiger partial charge in [-0.1, -0.05) is 24.3 Å². The molecule has 3 rings (SSSR count).